The molecule has 1 unspecified atom stereocenters. The molecule has 2 atom stereocenters. The van der Waals surface area contributed by atoms with Crippen LogP contribution in [0.3, 0.4) is 0 Å². The molecule has 0 aromatic carbocycles. The fraction of sp³-hybridized carbons (Fsp3) is 0.909. The number of carbonyl (C=O) groups excluding carboxylic acids is 1. The normalized spacial score (nSPS) is 24.4. The van der Waals surface area contributed by atoms with Gasteiger partial charge in [0.2, 0.25) is 5.91 Å². The first-order chi connectivity index (χ1) is 6.56. The highest BCUT2D eigenvalue weighted by molar-refractivity contribution is 5.81. The van der Waals surface area contributed by atoms with Crippen LogP contribution in [0.5, 0.6) is 0 Å². The zero-order chi connectivity index (χ0) is 10.7. The van der Waals surface area contributed by atoms with Crippen molar-refractivity contribution in [2.75, 3.05) is 13.1 Å². The lowest BCUT2D eigenvalue weighted by atomic mass is 9.95. The number of hydrogen-bond acceptors (Lipinski definition) is 2. The third-order valence-electron chi connectivity index (χ3n) is 3.24. The van der Waals surface area contributed by atoms with Crippen LogP contribution in [0.2, 0.25) is 0 Å². The molecule has 82 valence electrons. The van der Waals surface area contributed by atoms with Crippen molar-refractivity contribution in [2.45, 2.75) is 39.7 Å². The van der Waals surface area contributed by atoms with Crippen LogP contribution in [0, 0.1) is 11.8 Å². The van der Waals surface area contributed by atoms with E-state index >= 15 is 0 Å². The van der Waals surface area contributed by atoms with E-state index in [-0.39, 0.29) is 11.9 Å². The zero-order valence-corrected chi connectivity index (χ0v) is 9.49. The summed E-state index contributed by atoms with van der Waals surface area (Å²) >= 11 is 0. The molecule has 1 heterocycles. The number of likely N-dealkylation sites (tertiary alicyclic amines) is 1. The van der Waals surface area contributed by atoms with Crippen LogP contribution in [0.4, 0.5) is 0 Å². The lowest BCUT2D eigenvalue weighted by Gasteiger charge is -2.21. The molecule has 0 bridgehead atoms. The highest BCUT2D eigenvalue weighted by atomic mass is 16.2. The first-order valence-electron chi connectivity index (χ1n) is 5.60. The Morgan fingerprint density at radius 3 is 2.64 bits per heavy atom. The topological polar surface area (TPSA) is 46.3 Å². The summed E-state index contributed by atoms with van der Waals surface area (Å²) in [6.07, 6.45) is 1.88. The summed E-state index contributed by atoms with van der Waals surface area (Å²) in [5.74, 6) is 1.48. The number of nitrogens with two attached hydrogens (primary N) is 1. The van der Waals surface area contributed by atoms with Gasteiger partial charge in [-0.1, -0.05) is 20.8 Å². The van der Waals surface area contributed by atoms with Gasteiger partial charge in [0.05, 0.1) is 6.04 Å². The summed E-state index contributed by atoms with van der Waals surface area (Å²) in [4.78, 5) is 13.7. The summed E-state index contributed by atoms with van der Waals surface area (Å²) in [5, 5.41) is 0. The Morgan fingerprint density at radius 2 is 2.21 bits per heavy atom. The Bertz CT molecular complexity index is 203. The van der Waals surface area contributed by atoms with Gasteiger partial charge in [-0.05, 0) is 24.7 Å². The average Bonchev–Trinajstić information content (AvgIpc) is 2.64. The van der Waals surface area contributed by atoms with Crippen molar-refractivity contribution >= 4 is 5.91 Å². The highest BCUT2D eigenvalue weighted by Gasteiger charge is 2.29. The van der Waals surface area contributed by atoms with Crippen molar-refractivity contribution < 1.29 is 4.79 Å². The maximum absolute atomic E-state index is 11.7. The molecule has 0 aliphatic carbocycles. The number of carbonyl (C=O) groups is 1. The summed E-state index contributed by atoms with van der Waals surface area (Å²) in [6, 6.07) is -0.291. The molecule has 1 aliphatic rings. The van der Waals surface area contributed by atoms with E-state index in [4.69, 9.17) is 5.73 Å². The van der Waals surface area contributed by atoms with Crippen molar-refractivity contribution in [3.63, 3.8) is 0 Å². The molecular weight excluding hydrogens is 176 g/mol. The minimum absolute atomic E-state index is 0.135. The molecule has 1 amide bonds. The largest absolute Gasteiger partial charge is 0.341 e. The smallest absolute Gasteiger partial charge is 0.239 e. The van der Waals surface area contributed by atoms with Crippen molar-refractivity contribution in [1.29, 1.82) is 0 Å². The monoisotopic (exact) mass is 198 g/mol. The van der Waals surface area contributed by atoms with Crippen LogP contribution in [0.1, 0.15) is 33.6 Å². The summed E-state index contributed by atoms with van der Waals surface area (Å²) in [6.45, 7) is 8.20. The van der Waals surface area contributed by atoms with E-state index in [1.807, 2.05) is 11.8 Å². The Labute approximate surface area is 86.6 Å². The van der Waals surface area contributed by atoms with Crippen LogP contribution in [-0.2, 0) is 4.79 Å². The van der Waals surface area contributed by atoms with Crippen LogP contribution in [0.25, 0.3) is 0 Å². The summed E-state index contributed by atoms with van der Waals surface area (Å²) in [7, 11) is 0. The zero-order valence-electron chi connectivity index (χ0n) is 9.49. The molecule has 0 radical (unpaired) electrons. The number of amides is 1. The van der Waals surface area contributed by atoms with Gasteiger partial charge in [-0.3, -0.25) is 4.79 Å². The molecule has 1 fully saturated rings. The van der Waals surface area contributed by atoms with Gasteiger partial charge >= 0.3 is 0 Å². The third-order valence-corrected chi connectivity index (χ3v) is 3.24. The fourth-order valence-electron chi connectivity index (χ4n) is 1.94. The van der Waals surface area contributed by atoms with Crippen molar-refractivity contribution in [2.24, 2.45) is 17.6 Å². The molecule has 3 heteroatoms. The molecule has 14 heavy (non-hydrogen) atoms. The third kappa shape index (κ3) is 2.47. The quantitative estimate of drug-likeness (QED) is 0.741. The molecule has 1 rings (SSSR count). The Kier molecular flexibility index (Phi) is 3.93. The van der Waals surface area contributed by atoms with Gasteiger partial charge in [-0.25, -0.2) is 0 Å². The molecule has 1 aliphatic heterocycles. The van der Waals surface area contributed by atoms with E-state index in [9.17, 15) is 4.79 Å². The van der Waals surface area contributed by atoms with Crippen molar-refractivity contribution in [3.8, 4) is 0 Å². The maximum Gasteiger partial charge on any atom is 0.239 e. The lowest BCUT2D eigenvalue weighted by molar-refractivity contribution is -0.131. The maximum atomic E-state index is 11.7. The van der Waals surface area contributed by atoms with Gasteiger partial charge in [0.25, 0.3) is 0 Å². The predicted octanol–water partition coefficient (Wildman–Crippen LogP) is 1.23. The van der Waals surface area contributed by atoms with Crippen LogP contribution in [0.15, 0.2) is 0 Å². The van der Waals surface area contributed by atoms with E-state index in [1.54, 1.807) is 0 Å². The minimum atomic E-state index is -0.291. The van der Waals surface area contributed by atoms with Gasteiger partial charge in [0.15, 0.2) is 0 Å². The fourth-order valence-corrected chi connectivity index (χ4v) is 1.94. The van der Waals surface area contributed by atoms with Gasteiger partial charge in [0, 0.05) is 13.1 Å². The van der Waals surface area contributed by atoms with E-state index < -0.39 is 0 Å². The van der Waals surface area contributed by atoms with Crippen LogP contribution < -0.4 is 5.73 Å². The summed E-state index contributed by atoms with van der Waals surface area (Å²) in [5.41, 5.74) is 5.73. The number of nitrogens with zero attached hydrogens (tertiary/aromatic N) is 1. The molecule has 0 spiro atoms. The first kappa shape index (κ1) is 11.5. The molecular formula is C11H22N2O. The average molecular weight is 198 g/mol. The van der Waals surface area contributed by atoms with Gasteiger partial charge in [-0.15, -0.1) is 0 Å². The Hall–Kier alpha value is -0.570. The molecule has 0 saturated carbocycles. The first-order valence-corrected chi connectivity index (χ1v) is 5.60. The van der Waals surface area contributed by atoms with E-state index in [2.05, 4.69) is 13.8 Å². The van der Waals surface area contributed by atoms with E-state index in [0.717, 1.165) is 25.9 Å². The molecule has 2 N–H and O–H groups in total. The molecule has 0 aromatic rings. The number of hydrogen-bond donors (Lipinski definition) is 1. The van der Waals surface area contributed by atoms with Gasteiger partial charge in [-0.2, -0.15) is 0 Å². The highest BCUT2D eigenvalue weighted by Crippen LogP contribution is 2.23. The van der Waals surface area contributed by atoms with Crippen LogP contribution >= 0.6 is 0 Å². The van der Waals surface area contributed by atoms with E-state index in [1.165, 1.54) is 0 Å². The second-order valence-electron chi connectivity index (χ2n) is 4.59. The summed E-state index contributed by atoms with van der Waals surface area (Å²) < 4.78 is 0. The van der Waals surface area contributed by atoms with Crippen molar-refractivity contribution in [3.05, 3.63) is 0 Å². The lowest BCUT2D eigenvalue weighted by Crippen LogP contribution is -2.42. The minimum Gasteiger partial charge on any atom is -0.341 e. The molecule has 1 saturated heterocycles. The Balaban J connectivity index is 2.45. The molecule has 0 aromatic heterocycles. The van der Waals surface area contributed by atoms with Gasteiger partial charge < -0.3 is 10.6 Å². The predicted molar refractivity (Wildman–Crippen MR) is 57.8 cm³/mol. The van der Waals surface area contributed by atoms with Crippen molar-refractivity contribution in [1.82, 2.24) is 4.90 Å². The van der Waals surface area contributed by atoms with E-state index in [0.29, 0.717) is 11.8 Å². The van der Waals surface area contributed by atoms with Gasteiger partial charge in [0.1, 0.15) is 0 Å². The second-order valence-corrected chi connectivity index (χ2v) is 4.59. The molecule has 3 nitrogen and oxygen atoms in total. The SMILES string of the molecule is CC[C@H](N)C(=O)N1CCC(C(C)C)C1. The van der Waals surface area contributed by atoms with Crippen LogP contribution in [-0.4, -0.2) is 29.9 Å². The second kappa shape index (κ2) is 4.78. The Morgan fingerprint density at radius 1 is 1.57 bits per heavy atom. The standard InChI is InChI=1S/C11H22N2O/c1-4-10(12)11(14)13-6-5-9(7-13)8(2)3/h8-10H,4-7,12H2,1-3H3/t9?,10-/m0/s1. The number of rotatable bonds is 3.